The lowest BCUT2D eigenvalue weighted by molar-refractivity contribution is -0.118. The molecule has 0 aliphatic carbocycles. The fourth-order valence-corrected chi connectivity index (χ4v) is 5.97. The lowest BCUT2D eigenvalue weighted by Crippen LogP contribution is -2.21. The van der Waals surface area contributed by atoms with E-state index in [0.717, 1.165) is 22.4 Å². The largest absolute Gasteiger partial charge is 0.494 e. The minimum absolute atomic E-state index is 0.158. The van der Waals surface area contributed by atoms with Crippen LogP contribution in [0.2, 0.25) is 10.0 Å². The molecule has 0 spiro atoms. The lowest BCUT2D eigenvalue weighted by Gasteiger charge is -2.18. The first-order valence-electron chi connectivity index (χ1n) is 14.6. The molecule has 11 heteroatoms. The van der Waals surface area contributed by atoms with Gasteiger partial charge in [-0.1, -0.05) is 49.2 Å². The molecule has 4 aromatic carbocycles. The van der Waals surface area contributed by atoms with E-state index in [1.165, 1.54) is 10.9 Å². The Morgan fingerprint density at radius 2 is 1.78 bits per heavy atom. The standard InChI is InChI=1S/C35H31BrCl2N4O4/c1-5-45-31-14-21(4)28(17-27(31)20(2)3)34-41-30-9-7-6-8-26(30)35(44)42(34)39-18-22-15-24(38)16-29(36)33(22)46-19-32(43)40-25-12-10-23(37)11-13-25/h6-18,20H,5,19H2,1-4H3,(H,40,43). The zero-order valence-corrected chi connectivity index (χ0v) is 28.7. The average molecular weight is 722 g/mol. The van der Waals surface area contributed by atoms with Gasteiger partial charge in [-0.05, 0) is 107 Å². The summed E-state index contributed by atoms with van der Waals surface area (Å²) in [5, 5.41) is 8.78. The molecule has 0 fully saturated rings. The van der Waals surface area contributed by atoms with E-state index in [1.54, 1.807) is 54.6 Å². The number of nitrogens with one attached hydrogen (secondary N) is 1. The summed E-state index contributed by atoms with van der Waals surface area (Å²) in [6.45, 7) is 8.31. The lowest BCUT2D eigenvalue weighted by atomic mass is 9.96. The zero-order valence-electron chi connectivity index (χ0n) is 25.6. The highest BCUT2D eigenvalue weighted by atomic mass is 79.9. The summed E-state index contributed by atoms with van der Waals surface area (Å²) in [6, 6.07) is 21.2. The molecule has 0 aliphatic heterocycles. The first-order valence-corrected chi connectivity index (χ1v) is 16.1. The summed E-state index contributed by atoms with van der Waals surface area (Å²) in [5.74, 6) is 1.26. The van der Waals surface area contributed by atoms with Crippen LogP contribution in [0.15, 0.2) is 87.2 Å². The number of ether oxygens (including phenoxy) is 2. The normalized spacial score (nSPS) is 11.4. The molecule has 1 aromatic heterocycles. The van der Waals surface area contributed by atoms with Gasteiger partial charge in [-0.2, -0.15) is 9.78 Å². The van der Waals surface area contributed by atoms with E-state index in [0.29, 0.717) is 54.9 Å². The van der Waals surface area contributed by atoms with Crippen LogP contribution in [0.4, 0.5) is 5.69 Å². The number of para-hydroxylation sites is 1. The monoisotopic (exact) mass is 720 g/mol. The fraction of sp³-hybridized carbons (Fsp3) is 0.200. The molecule has 0 unspecified atom stereocenters. The molecule has 236 valence electrons. The third-order valence-corrected chi connectivity index (χ3v) is 8.16. The molecule has 0 atom stereocenters. The topological polar surface area (TPSA) is 94.8 Å². The molecule has 5 rings (SSSR count). The van der Waals surface area contributed by atoms with Crippen molar-refractivity contribution in [1.29, 1.82) is 0 Å². The van der Waals surface area contributed by atoms with Crippen LogP contribution in [0.1, 0.15) is 43.4 Å². The van der Waals surface area contributed by atoms with Gasteiger partial charge in [0.05, 0.1) is 28.2 Å². The SMILES string of the molecule is CCOc1cc(C)c(-c2nc3ccccc3c(=O)n2N=Cc2cc(Cl)cc(Br)c2OCC(=O)Nc2ccc(Cl)cc2)cc1C(C)C. The molecule has 0 aliphatic rings. The van der Waals surface area contributed by atoms with Crippen LogP contribution in [-0.2, 0) is 4.79 Å². The molecule has 0 bridgehead atoms. The van der Waals surface area contributed by atoms with Crippen molar-refractivity contribution in [3.05, 3.63) is 114 Å². The van der Waals surface area contributed by atoms with Crippen LogP contribution < -0.4 is 20.3 Å². The van der Waals surface area contributed by atoms with E-state index < -0.39 is 0 Å². The van der Waals surface area contributed by atoms with E-state index in [-0.39, 0.29) is 24.0 Å². The van der Waals surface area contributed by atoms with Crippen molar-refractivity contribution in [3.63, 3.8) is 0 Å². The molecule has 1 amide bonds. The number of carbonyl (C=O) groups excluding carboxylic acids is 1. The minimum Gasteiger partial charge on any atom is -0.494 e. The van der Waals surface area contributed by atoms with Gasteiger partial charge in [0, 0.05) is 26.9 Å². The van der Waals surface area contributed by atoms with E-state index in [9.17, 15) is 9.59 Å². The fourth-order valence-electron chi connectivity index (χ4n) is 4.89. The van der Waals surface area contributed by atoms with Crippen molar-refractivity contribution < 1.29 is 14.3 Å². The number of hydrogen-bond donors (Lipinski definition) is 1. The summed E-state index contributed by atoms with van der Waals surface area (Å²) in [4.78, 5) is 31.5. The summed E-state index contributed by atoms with van der Waals surface area (Å²) in [6.07, 6.45) is 1.47. The molecule has 0 saturated heterocycles. The summed E-state index contributed by atoms with van der Waals surface area (Å²) < 4.78 is 13.6. The van der Waals surface area contributed by atoms with Crippen LogP contribution in [0.5, 0.6) is 11.5 Å². The van der Waals surface area contributed by atoms with Crippen molar-refractivity contribution in [1.82, 2.24) is 9.66 Å². The number of anilines is 1. The molecule has 0 saturated carbocycles. The van der Waals surface area contributed by atoms with Gasteiger partial charge in [0.15, 0.2) is 12.4 Å². The smallest absolute Gasteiger partial charge is 0.282 e. The van der Waals surface area contributed by atoms with Crippen LogP contribution in [0.3, 0.4) is 0 Å². The number of aromatic nitrogens is 2. The Morgan fingerprint density at radius 1 is 1.04 bits per heavy atom. The van der Waals surface area contributed by atoms with Gasteiger partial charge >= 0.3 is 0 Å². The molecule has 1 heterocycles. The van der Waals surface area contributed by atoms with Gasteiger partial charge in [0.25, 0.3) is 11.5 Å². The highest BCUT2D eigenvalue weighted by Crippen LogP contribution is 2.35. The summed E-state index contributed by atoms with van der Waals surface area (Å²) >= 11 is 15.8. The second-order valence-electron chi connectivity index (χ2n) is 10.8. The number of hydrogen-bond acceptors (Lipinski definition) is 6. The molecule has 0 radical (unpaired) electrons. The number of halogens is 3. The Kier molecular flexibility index (Phi) is 10.5. The predicted octanol–water partition coefficient (Wildman–Crippen LogP) is 8.86. The Bertz CT molecular complexity index is 2010. The van der Waals surface area contributed by atoms with Gasteiger partial charge in [-0.3, -0.25) is 9.59 Å². The summed E-state index contributed by atoms with van der Waals surface area (Å²) in [7, 11) is 0. The number of carbonyl (C=O) groups is 1. The average Bonchev–Trinajstić information content (AvgIpc) is 3.01. The van der Waals surface area contributed by atoms with E-state index in [2.05, 4.69) is 40.2 Å². The van der Waals surface area contributed by atoms with Crippen molar-refractivity contribution >= 4 is 67.8 Å². The molecular weight excluding hydrogens is 691 g/mol. The van der Waals surface area contributed by atoms with E-state index in [1.807, 2.05) is 32.0 Å². The first kappa shape index (κ1) is 33.2. The Hall–Kier alpha value is -4.18. The first-order chi connectivity index (χ1) is 22.0. The van der Waals surface area contributed by atoms with Crippen LogP contribution in [0, 0.1) is 6.92 Å². The van der Waals surface area contributed by atoms with Crippen molar-refractivity contribution in [2.24, 2.45) is 5.10 Å². The molecule has 1 N–H and O–H groups in total. The van der Waals surface area contributed by atoms with Crippen LogP contribution in [0.25, 0.3) is 22.3 Å². The molecule has 8 nitrogen and oxygen atoms in total. The maximum Gasteiger partial charge on any atom is 0.282 e. The van der Waals surface area contributed by atoms with Crippen molar-refractivity contribution in [3.8, 4) is 22.9 Å². The van der Waals surface area contributed by atoms with Gasteiger partial charge in [0.1, 0.15) is 11.5 Å². The molecule has 46 heavy (non-hydrogen) atoms. The quantitative estimate of drug-likeness (QED) is 0.145. The number of amides is 1. The number of rotatable bonds is 10. The van der Waals surface area contributed by atoms with Crippen molar-refractivity contribution in [2.75, 3.05) is 18.5 Å². The van der Waals surface area contributed by atoms with Crippen LogP contribution >= 0.6 is 39.1 Å². The van der Waals surface area contributed by atoms with Gasteiger partial charge in [-0.15, -0.1) is 0 Å². The van der Waals surface area contributed by atoms with E-state index in [4.69, 9.17) is 37.7 Å². The Labute approximate surface area is 285 Å². The second-order valence-corrected chi connectivity index (χ2v) is 12.5. The number of benzene rings is 4. The maximum absolute atomic E-state index is 13.9. The van der Waals surface area contributed by atoms with Gasteiger partial charge < -0.3 is 14.8 Å². The Balaban J connectivity index is 1.57. The third kappa shape index (κ3) is 7.44. The van der Waals surface area contributed by atoms with Crippen LogP contribution in [-0.4, -0.2) is 35.0 Å². The van der Waals surface area contributed by atoms with Gasteiger partial charge in [0.2, 0.25) is 0 Å². The molecular formula is C35H31BrCl2N4O4. The molecule has 5 aromatic rings. The summed E-state index contributed by atoms with van der Waals surface area (Å²) in [5.41, 5.74) is 3.84. The number of nitrogens with zero attached hydrogens (tertiary/aromatic N) is 3. The highest BCUT2D eigenvalue weighted by Gasteiger charge is 2.19. The van der Waals surface area contributed by atoms with Gasteiger partial charge in [-0.25, -0.2) is 4.98 Å². The number of aryl methyl sites for hydroxylation is 1. The maximum atomic E-state index is 13.9. The van der Waals surface area contributed by atoms with E-state index >= 15 is 0 Å². The highest BCUT2D eigenvalue weighted by molar-refractivity contribution is 9.10. The predicted molar refractivity (Wildman–Crippen MR) is 189 cm³/mol. The Morgan fingerprint density at radius 3 is 2.50 bits per heavy atom. The third-order valence-electron chi connectivity index (χ3n) is 7.10. The minimum atomic E-state index is -0.378. The second kappa shape index (κ2) is 14.5. The number of fused-ring (bicyclic) bond motifs is 1. The zero-order chi connectivity index (χ0) is 33.0. The van der Waals surface area contributed by atoms with Crippen molar-refractivity contribution in [2.45, 2.75) is 33.6 Å².